The highest BCUT2D eigenvalue weighted by Crippen LogP contribution is 2.08. The van der Waals surface area contributed by atoms with E-state index in [2.05, 4.69) is 5.32 Å². The maximum Gasteiger partial charge on any atom is 0.329 e. The Balaban J connectivity index is 1.82. The summed E-state index contributed by atoms with van der Waals surface area (Å²) in [6.45, 7) is -0.184. The molecule has 0 aliphatic rings. The van der Waals surface area contributed by atoms with Crippen LogP contribution in [0, 0.1) is 0 Å². The second-order valence-electron chi connectivity index (χ2n) is 5.22. The van der Waals surface area contributed by atoms with Crippen LogP contribution in [0.15, 0.2) is 60.7 Å². The van der Waals surface area contributed by atoms with Gasteiger partial charge >= 0.3 is 5.97 Å². The van der Waals surface area contributed by atoms with Crippen LogP contribution < -0.4 is 10.1 Å². The van der Waals surface area contributed by atoms with Crippen molar-refractivity contribution in [2.45, 2.75) is 19.1 Å². The van der Waals surface area contributed by atoms with Gasteiger partial charge in [0.25, 0.3) is 5.91 Å². The van der Waals surface area contributed by atoms with E-state index in [-0.39, 0.29) is 19.6 Å². The Hall–Kier alpha value is -3.15. The molecule has 2 aromatic carbocycles. The summed E-state index contributed by atoms with van der Waals surface area (Å²) >= 11 is 0. The van der Waals surface area contributed by atoms with E-state index in [0.29, 0.717) is 12.0 Å². The van der Waals surface area contributed by atoms with Gasteiger partial charge in [0.1, 0.15) is 24.7 Å². The van der Waals surface area contributed by atoms with Crippen LogP contribution in [0.5, 0.6) is 5.75 Å². The van der Waals surface area contributed by atoms with Gasteiger partial charge < -0.3 is 19.6 Å². The quantitative estimate of drug-likeness (QED) is 0.556. The third kappa shape index (κ3) is 6.47. The highest BCUT2D eigenvalue weighted by molar-refractivity contribution is 5.86. The van der Waals surface area contributed by atoms with E-state index in [4.69, 9.17) is 9.47 Å². The van der Waals surface area contributed by atoms with Crippen LogP contribution in [0.25, 0.3) is 0 Å². The molecular formula is C19H19NO5. The monoisotopic (exact) mass is 341 g/mol. The minimum Gasteiger partial charge on any atom is -0.484 e. The lowest BCUT2D eigenvalue weighted by Crippen LogP contribution is -2.44. The molecule has 2 aromatic rings. The van der Waals surface area contributed by atoms with Crippen LogP contribution in [-0.2, 0) is 25.7 Å². The molecule has 1 amide bonds. The van der Waals surface area contributed by atoms with Crippen molar-refractivity contribution in [1.29, 1.82) is 0 Å². The van der Waals surface area contributed by atoms with Gasteiger partial charge in [0, 0.05) is 6.42 Å². The molecule has 0 spiro atoms. The fourth-order valence-electron chi connectivity index (χ4n) is 2.04. The molecular weight excluding hydrogens is 322 g/mol. The second kappa shape index (κ2) is 9.87. The van der Waals surface area contributed by atoms with Gasteiger partial charge in [-0.2, -0.15) is 0 Å². The van der Waals surface area contributed by atoms with E-state index in [0.717, 1.165) is 5.56 Å². The van der Waals surface area contributed by atoms with E-state index in [1.807, 2.05) is 36.4 Å². The average molecular weight is 341 g/mol. The Kier molecular flexibility index (Phi) is 7.18. The first kappa shape index (κ1) is 18.2. The number of carbonyl (C=O) groups is 3. The molecule has 0 saturated carbocycles. The van der Waals surface area contributed by atoms with Crippen LogP contribution in [0.4, 0.5) is 0 Å². The maximum absolute atomic E-state index is 12.1. The number of rotatable bonds is 9. The first-order chi connectivity index (χ1) is 12.2. The van der Waals surface area contributed by atoms with Crippen LogP contribution in [0.2, 0.25) is 0 Å². The largest absolute Gasteiger partial charge is 0.484 e. The first-order valence-electron chi connectivity index (χ1n) is 7.80. The van der Waals surface area contributed by atoms with Crippen molar-refractivity contribution in [3.8, 4) is 5.75 Å². The molecule has 0 saturated heterocycles. The summed E-state index contributed by atoms with van der Waals surface area (Å²) in [5.41, 5.74) is 0.819. The maximum atomic E-state index is 12.1. The molecule has 0 aromatic heterocycles. The third-order valence-electron chi connectivity index (χ3n) is 3.29. The summed E-state index contributed by atoms with van der Waals surface area (Å²) in [6, 6.07) is 16.9. The number of esters is 1. The summed E-state index contributed by atoms with van der Waals surface area (Å²) in [4.78, 5) is 34.8. The second-order valence-corrected chi connectivity index (χ2v) is 5.22. The van der Waals surface area contributed by atoms with Crippen molar-refractivity contribution in [2.24, 2.45) is 0 Å². The minimum atomic E-state index is -1.03. The van der Waals surface area contributed by atoms with Gasteiger partial charge in [-0.25, -0.2) is 4.79 Å². The Morgan fingerprint density at radius 2 is 1.64 bits per heavy atom. The molecule has 0 aliphatic heterocycles. The van der Waals surface area contributed by atoms with Crippen LogP contribution in [-0.4, -0.2) is 30.8 Å². The highest BCUT2D eigenvalue weighted by atomic mass is 16.5. The Labute approximate surface area is 145 Å². The molecule has 6 nitrogen and oxygen atoms in total. The van der Waals surface area contributed by atoms with E-state index >= 15 is 0 Å². The number of hydrogen-bond acceptors (Lipinski definition) is 5. The van der Waals surface area contributed by atoms with E-state index in [1.165, 1.54) is 0 Å². The van der Waals surface area contributed by atoms with Crippen LogP contribution >= 0.6 is 0 Å². The molecule has 0 bridgehead atoms. The van der Waals surface area contributed by atoms with Gasteiger partial charge in [-0.3, -0.25) is 4.79 Å². The van der Waals surface area contributed by atoms with Crippen molar-refractivity contribution in [1.82, 2.24) is 5.32 Å². The molecule has 0 aliphatic carbocycles. The topological polar surface area (TPSA) is 81.7 Å². The molecule has 2 rings (SSSR count). The molecule has 0 heterocycles. The molecule has 1 atom stereocenters. The number of aldehydes is 1. The summed E-state index contributed by atoms with van der Waals surface area (Å²) in [5, 5.41) is 2.45. The van der Waals surface area contributed by atoms with Gasteiger partial charge in [-0.05, 0) is 17.7 Å². The Morgan fingerprint density at radius 1 is 1.00 bits per heavy atom. The van der Waals surface area contributed by atoms with Crippen LogP contribution in [0.3, 0.4) is 0 Å². The van der Waals surface area contributed by atoms with Crippen molar-refractivity contribution in [3.05, 3.63) is 66.2 Å². The number of para-hydroxylation sites is 1. The number of nitrogens with one attached hydrogen (secondary N) is 1. The van der Waals surface area contributed by atoms with Crippen molar-refractivity contribution in [3.63, 3.8) is 0 Å². The number of ether oxygens (including phenoxy) is 2. The zero-order chi connectivity index (χ0) is 17.9. The molecule has 0 fully saturated rings. The summed E-state index contributed by atoms with van der Waals surface area (Å²) in [5.74, 6) is -0.632. The number of carbonyl (C=O) groups excluding carboxylic acids is 3. The van der Waals surface area contributed by atoms with Crippen molar-refractivity contribution >= 4 is 18.2 Å². The molecule has 1 N–H and O–H groups in total. The first-order valence-corrected chi connectivity index (χ1v) is 7.80. The normalized spacial score (nSPS) is 11.2. The average Bonchev–Trinajstić information content (AvgIpc) is 2.66. The number of amides is 1. The molecule has 0 unspecified atom stereocenters. The van der Waals surface area contributed by atoms with Crippen molar-refractivity contribution in [2.75, 3.05) is 6.61 Å². The number of hydrogen-bond donors (Lipinski definition) is 1. The highest BCUT2D eigenvalue weighted by Gasteiger charge is 2.22. The molecule has 6 heteroatoms. The molecule has 0 radical (unpaired) electrons. The Morgan fingerprint density at radius 3 is 2.28 bits per heavy atom. The van der Waals surface area contributed by atoms with E-state index in [1.54, 1.807) is 24.3 Å². The summed E-state index contributed by atoms with van der Waals surface area (Å²) in [7, 11) is 0. The zero-order valence-corrected chi connectivity index (χ0v) is 13.6. The lowest BCUT2D eigenvalue weighted by atomic mass is 10.2. The predicted molar refractivity (Wildman–Crippen MR) is 90.8 cm³/mol. The molecule has 130 valence electrons. The fourth-order valence-corrected chi connectivity index (χ4v) is 2.04. The third-order valence-corrected chi connectivity index (χ3v) is 3.29. The summed E-state index contributed by atoms with van der Waals surface area (Å²) < 4.78 is 10.5. The smallest absolute Gasteiger partial charge is 0.329 e. The summed E-state index contributed by atoms with van der Waals surface area (Å²) in [6.07, 6.45) is 0.400. The lowest BCUT2D eigenvalue weighted by Gasteiger charge is -2.16. The zero-order valence-electron chi connectivity index (χ0n) is 13.6. The molecule has 25 heavy (non-hydrogen) atoms. The fraction of sp³-hybridized carbons (Fsp3) is 0.211. The van der Waals surface area contributed by atoms with Gasteiger partial charge in [0.05, 0.1) is 0 Å². The van der Waals surface area contributed by atoms with Crippen LogP contribution in [0.1, 0.15) is 12.0 Å². The van der Waals surface area contributed by atoms with Crippen molar-refractivity contribution < 1.29 is 23.9 Å². The van der Waals surface area contributed by atoms with Gasteiger partial charge in [0.15, 0.2) is 6.61 Å². The van der Waals surface area contributed by atoms with E-state index < -0.39 is 17.9 Å². The standard InChI is InChI=1S/C19H19NO5/c21-12-11-17(19(23)25-13-15-7-3-1-4-8-15)20-18(22)14-24-16-9-5-2-6-10-16/h1-10,12,17H,11,13-14H2,(H,20,22)/t17-/m0/s1. The Bertz CT molecular complexity index is 687. The SMILES string of the molecule is O=CC[C@H](NC(=O)COc1ccccc1)C(=O)OCc1ccccc1. The predicted octanol–water partition coefficient (Wildman–Crippen LogP) is 1.88. The lowest BCUT2D eigenvalue weighted by molar-refractivity contribution is -0.150. The van der Waals surface area contributed by atoms with Gasteiger partial charge in [0.2, 0.25) is 0 Å². The minimum absolute atomic E-state index is 0.0748. The number of benzene rings is 2. The van der Waals surface area contributed by atoms with Gasteiger partial charge in [-0.1, -0.05) is 48.5 Å². The van der Waals surface area contributed by atoms with Gasteiger partial charge in [-0.15, -0.1) is 0 Å². The van der Waals surface area contributed by atoms with E-state index in [9.17, 15) is 14.4 Å².